The molecule has 116 valence electrons. The van der Waals surface area contributed by atoms with Crippen LogP contribution in [0.2, 0.25) is 0 Å². The Kier molecular flexibility index (Phi) is 5.00. The predicted octanol–water partition coefficient (Wildman–Crippen LogP) is 2.66. The lowest BCUT2D eigenvalue weighted by Gasteiger charge is -2.34. The van der Waals surface area contributed by atoms with Gasteiger partial charge in [-0.05, 0) is 56.9 Å². The van der Waals surface area contributed by atoms with E-state index in [1.165, 1.54) is 64.5 Å². The molecule has 0 atom stereocenters. The van der Waals surface area contributed by atoms with Gasteiger partial charge in [0.25, 0.3) is 0 Å². The maximum absolute atomic E-state index is 5.78. The van der Waals surface area contributed by atoms with E-state index >= 15 is 0 Å². The molecule has 0 unspecified atom stereocenters. The molecule has 0 spiro atoms. The second kappa shape index (κ2) is 6.76. The molecular weight excluding hydrogens is 248 g/mol. The van der Waals surface area contributed by atoms with Crippen molar-refractivity contribution >= 4 is 0 Å². The maximum Gasteiger partial charge on any atom is 0.0593 e. The van der Waals surface area contributed by atoms with E-state index < -0.39 is 0 Å². The maximum atomic E-state index is 5.78. The van der Waals surface area contributed by atoms with Crippen molar-refractivity contribution in [3.8, 4) is 0 Å². The van der Waals surface area contributed by atoms with Gasteiger partial charge in [-0.3, -0.25) is 0 Å². The first-order valence-electron chi connectivity index (χ1n) is 8.75. The molecule has 1 N–H and O–H groups in total. The van der Waals surface area contributed by atoms with Crippen LogP contribution >= 0.6 is 0 Å². The molecule has 3 heteroatoms. The molecule has 0 aromatic heterocycles. The van der Waals surface area contributed by atoms with Crippen LogP contribution in [-0.4, -0.2) is 50.8 Å². The van der Waals surface area contributed by atoms with Gasteiger partial charge < -0.3 is 15.0 Å². The Morgan fingerprint density at radius 3 is 2.55 bits per heavy atom. The molecule has 3 saturated carbocycles. The molecular formula is C17H32N2O. The summed E-state index contributed by atoms with van der Waals surface area (Å²) >= 11 is 0. The molecule has 0 bridgehead atoms. The Hall–Kier alpha value is -0.120. The quantitative estimate of drug-likeness (QED) is 0.623. The molecule has 3 aliphatic rings. The summed E-state index contributed by atoms with van der Waals surface area (Å²) in [6, 6.07) is 0.847. The number of hydrogen-bond donors (Lipinski definition) is 1. The molecule has 0 saturated heterocycles. The first-order chi connectivity index (χ1) is 9.76. The highest BCUT2D eigenvalue weighted by atomic mass is 16.5. The van der Waals surface area contributed by atoms with E-state index in [2.05, 4.69) is 17.3 Å². The fraction of sp³-hybridized carbons (Fsp3) is 1.00. The second-order valence-electron chi connectivity index (χ2n) is 7.62. The van der Waals surface area contributed by atoms with Crippen molar-refractivity contribution in [1.29, 1.82) is 0 Å². The molecule has 3 rings (SSSR count). The van der Waals surface area contributed by atoms with Gasteiger partial charge in [0.05, 0.1) is 6.61 Å². The zero-order chi connectivity index (χ0) is 13.8. The normalized spacial score (nSPS) is 25.5. The molecule has 0 aromatic carbocycles. The molecule has 0 amide bonds. The van der Waals surface area contributed by atoms with Gasteiger partial charge in [0.15, 0.2) is 0 Å². The lowest BCUT2D eigenvalue weighted by Crippen LogP contribution is -2.42. The van der Waals surface area contributed by atoms with E-state index in [1.807, 2.05) is 0 Å². The van der Waals surface area contributed by atoms with Gasteiger partial charge in [0.1, 0.15) is 0 Å². The van der Waals surface area contributed by atoms with Gasteiger partial charge in [-0.15, -0.1) is 0 Å². The summed E-state index contributed by atoms with van der Waals surface area (Å²) in [6.45, 7) is 5.50. The molecule has 3 fully saturated rings. The topological polar surface area (TPSA) is 24.5 Å². The van der Waals surface area contributed by atoms with E-state index in [4.69, 9.17) is 4.74 Å². The third-order valence-electron chi connectivity index (χ3n) is 5.28. The largest absolute Gasteiger partial charge is 0.380 e. The van der Waals surface area contributed by atoms with Crippen molar-refractivity contribution in [1.82, 2.24) is 10.2 Å². The van der Waals surface area contributed by atoms with Crippen molar-refractivity contribution in [2.75, 3.05) is 39.9 Å². The van der Waals surface area contributed by atoms with E-state index in [9.17, 15) is 0 Å². The van der Waals surface area contributed by atoms with E-state index in [1.54, 1.807) is 0 Å². The number of ether oxygens (including phenoxy) is 1. The third kappa shape index (κ3) is 4.71. The zero-order valence-corrected chi connectivity index (χ0v) is 13.2. The van der Waals surface area contributed by atoms with Crippen LogP contribution in [0, 0.1) is 11.3 Å². The SMILES string of the molecule is CN(CCOCC1CC1)CC1(CNC2CC2)CCCC1. The highest BCUT2D eigenvalue weighted by molar-refractivity contribution is 4.92. The van der Waals surface area contributed by atoms with Gasteiger partial charge in [-0.2, -0.15) is 0 Å². The Morgan fingerprint density at radius 2 is 1.90 bits per heavy atom. The molecule has 0 radical (unpaired) electrons. The smallest absolute Gasteiger partial charge is 0.0593 e. The summed E-state index contributed by atoms with van der Waals surface area (Å²) in [5, 5.41) is 3.78. The lowest BCUT2D eigenvalue weighted by atomic mass is 9.85. The Bertz CT molecular complexity index is 293. The van der Waals surface area contributed by atoms with Gasteiger partial charge in [0, 0.05) is 32.3 Å². The Morgan fingerprint density at radius 1 is 1.15 bits per heavy atom. The van der Waals surface area contributed by atoms with Crippen molar-refractivity contribution in [3.05, 3.63) is 0 Å². The highest BCUT2D eigenvalue weighted by Gasteiger charge is 2.36. The average molecular weight is 280 g/mol. The van der Waals surface area contributed by atoms with Crippen molar-refractivity contribution in [2.45, 2.75) is 57.4 Å². The van der Waals surface area contributed by atoms with Crippen LogP contribution in [0.3, 0.4) is 0 Å². The van der Waals surface area contributed by atoms with Crippen LogP contribution in [0.25, 0.3) is 0 Å². The van der Waals surface area contributed by atoms with Gasteiger partial charge in [-0.25, -0.2) is 0 Å². The van der Waals surface area contributed by atoms with Crippen molar-refractivity contribution in [3.63, 3.8) is 0 Å². The highest BCUT2D eigenvalue weighted by Crippen LogP contribution is 2.39. The molecule has 20 heavy (non-hydrogen) atoms. The average Bonchev–Trinajstić information content (AvgIpc) is 3.35. The Labute approximate surface area is 124 Å². The van der Waals surface area contributed by atoms with Crippen molar-refractivity contribution < 1.29 is 4.74 Å². The van der Waals surface area contributed by atoms with Crippen LogP contribution in [0.4, 0.5) is 0 Å². The van der Waals surface area contributed by atoms with Gasteiger partial charge in [0.2, 0.25) is 0 Å². The summed E-state index contributed by atoms with van der Waals surface area (Å²) < 4.78 is 5.78. The first-order valence-corrected chi connectivity index (χ1v) is 8.75. The fourth-order valence-corrected chi connectivity index (χ4v) is 3.57. The number of likely N-dealkylation sites (N-methyl/N-ethyl adjacent to an activating group) is 1. The minimum atomic E-state index is 0.549. The molecule has 0 aromatic rings. The lowest BCUT2D eigenvalue weighted by molar-refractivity contribution is 0.0866. The molecule has 3 aliphatic carbocycles. The number of nitrogens with zero attached hydrogens (tertiary/aromatic N) is 1. The summed E-state index contributed by atoms with van der Waals surface area (Å²) in [6.07, 6.45) is 11.3. The zero-order valence-electron chi connectivity index (χ0n) is 13.2. The predicted molar refractivity (Wildman–Crippen MR) is 83.0 cm³/mol. The number of rotatable bonds is 10. The second-order valence-corrected chi connectivity index (χ2v) is 7.62. The van der Waals surface area contributed by atoms with E-state index in [0.717, 1.165) is 31.7 Å². The van der Waals surface area contributed by atoms with Crippen LogP contribution in [-0.2, 0) is 4.74 Å². The number of nitrogens with one attached hydrogen (secondary N) is 1. The molecule has 0 heterocycles. The van der Waals surface area contributed by atoms with Crippen molar-refractivity contribution in [2.24, 2.45) is 11.3 Å². The minimum Gasteiger partial charge on any atom is -0.380 e. The van der Waals surface area contributed by atoms with Crippen LogP contribution in [0.5, 0.6) is 0 Å². The monoisotopic (exact) mass is 280 g/mol. The summed E-state index contributed by atoms with van der Waals surface area (Å²) in [5.74, 6) is 0.893. The minimum absolute atomic E-state index is 0.549. The first kappa shape index (κ1) is 14.8. The summed E-state index contributed by atoms with van der Waals surface area (Å²) in [5.41, 5.74) is 0.549. The van der Waals surface area contributed by atoms with Crippen LogP contribution in [0.15, 0.2) is 0 Å². The van der Waals surface area contributed by atoms with Crippen LogP contribution in [0.1, 0.15) is 51.4 Å². The summed E-state index contributed by atoms with van der Waals surface area (Å²) in [4.78, 5) is 2.51. The number of hydrogen-bond acceptors (Lipinski definition) is 3. The van der Waals surface area contributed by atoms with E-state index in [-0.39, 0.29) is 0 Å². The third-order valence-corrected chi connectivity index (χ3v) is 5.28. The van der Waals surface area contributed by atoms with Gasteiger partial charge in [-0.1, -0.05) is 12.8 Å². The molecule has 3 nitrogen and oxygen atoms in total. The molecule has 0 aliphatic heterocycles. The standard InChI is InChI=1S/C17H32N2O/c1-19(10-11-20-12-15-4-5-15)14-17(8-2-3-9-17)13-18-16-6-7-16/h15-16,18H,2-14H2,1H3. The fourth-order valence-electron chi connectivity index (χ4n) is 3.57. The summed E-state index contributed by atoms with van der Waals surface area (Å²) in [7, 11) is 2.28. The van der Waals surface area contributed by atoms with Crippen LogP contribution < -0.4 is 5.32 Å². The van der Waals surface area contributed by atoms with E-state index in [0.29, 0.717) is 5.41 Å². The Balaban J connectivity index is 1.35. The van der Waals surface area contributed by atoms with Gasteiger partial charge >= 0.3 is 0 Å².